The lowest BCUT2D eigenvalue weighted by Crippen LogP contribution is -2.04. The van der Waals surface area contributed by atoms with E-state index in [-0.39, 0.29) is 5.97 Å². The van der Waals surface area contributed by atoms with Crippen LogP contribution in [0.5, 0.6) is 5.75 Å². The molecule has 3 aromatic rings. The Hall–Kier alpha value is -2.82. The van der Waals surface area contributed by atoms with Crippen LogP contribution in [0.25, 0.3) is 10.9 Å². The quantitative estimate of drug-likeness (QED) is 0.695. The van der Waals surface area contributed by atoms with Crippen LogP contribution in [0.2, 0.25) is 0 Å². The fourth-order valence-electron chi connectivity index (χ4n) is 2.39. The van der Waals surface area contributed by atoms with Gasteiger partial charge < -0.3 is 9.47 Å². The molecule has 0 aliphatic heterocycles. The van der Waals surface area contributed by atoms with Crippen molar-refractivity contribution < 1.29 is 14.3 Å². The molecule has 0 saturated heterocycles. The fraction of sp³-hybridized carbons (Fsp3) is 0.176. The van der Waals surface area contributed by atoms with Crippen LogP contribution in [0.4, 0.5) is 0 Å². The molecule has 3 rings (SSSR count). The lowest BCUT2D eigenvalue weighted by atomic mass is 10.1. The average molecular weight is 296 g/mol. The van der Waals surface area contributed by atoms with Gasteiger partial charge in [0.25, 0.3) is 0 Å². The van der Waals surface area contributed by atoms with E-state index in [9.17, 15) is 4.79 Å². The van der Waals surface area contributed by atoms with Crippen LogP contribution in [-0.2, 0) is 11.3 Å². The summed E-state index contributed by atoms with van der Waals surface area (Å²) in [4.78, 5) is 11.7. The molecule has 0 radical (unpaired) electrons. The van der Waals surface area contributed by atoms with Gasteiger partial charge in [-0.3, -0.25) is 4.68 Å². The molecule has 0 unspecified atom stereocenters. The molecular formula is C17H16N2O3. The Bertz CT molecular complexity index is 824. The van der Waals surface area contributed by atoms with Crippen molar-refractivity contribution in [3.05, 3.63) is 59.8 Å². The first-order chi connectivity index (χ1) is 10.7. The van der Waals surface area contributed by atoms with Crippen LogP contribution in [0, 0.1) is 0 Å². The zero-order chi connectivity index (χ0) is 15.5. The minimum absolute atomic E-state index is 0.351. The van der Waals surface area contributed by atoms with E-state index < -0.39 is 0 Å². The van der Waals surface area contributed by atoms with Crippen LogP contribution in [0.3, 0.4) is 0 Å². The summed E-state index contributed by atoms with van der Waals surface area (Å²) in [6, 6.07) is 13.2. The van der Waals surface area contributed by atoms with Gasteiger partial charge in [-0.25, -0.2) is 4.79 Å². The van der Waals surface area contributed by atoms with Gasteiger partial charge in [0.1, 0.15) is 5.75 Å². The molecule has 5 heteroatoms. The van der Waals surface area contributed by atoms with Crippen LogP contribution in [0.1, 0.15) is 15.9 Å². The molecule has 0 atom stereocenters. The zero-order valence-electron chi connectivity index (χ0n) is 12.4. The summed E-state index contributed by atoms with van der Waals surface area (Å²) in [5, 5.41) is 5.38. The third kappa shape index (κ3) is 2.65. The molecule has 112 valence electrons. The second-order valence-corrected chi connectivity index (χ2v) is 4.92. The topological polar surface area (TPSA) is 53.3 Å². The number of nitrogens with zero attached hydrogens (tertiary/aromatic N) is 2. The number of benzene rings is 2. The highest BCUT2D eigenvalue weighted by Gasteiger charge is 2.10. The molecule has 0 saturated carbocycles. The van der Waals surface area contributed by atoms with Crippen LogP contribution < -0.4 is 4.74 Å². The fourth-order valence-corrected chi connectivity index (χ4v) is 2.39. The van der Waals surface area contributed by atoms with Gasteiger partial charge >= 0.3 is 5.97 Å². The van der Waals surface area contributed by atoms with E-state index in [1.54, 1.807) is 25.4 Å². The van der Waals surface area contributed by atoms with Gasteiger partial charge in [0.15, 0.2) is 0 Å². The summed E-state index contributed by atoms with van der Waals surface area (Å²) in [5.41, 5.74) is 2.49. The van der Waals surface area contributed by atoms with Crippen molar-refractivity contribution in [2.24, 2.45) is 0 Å². The molecule has 0 bridgehead atoms. The molecule has 0 aliphatic carbocycles. The Labute approximate surface area is 128 Å². The number of hydrogen-bond donors (Lipinski definition) is 0. The van der Waals surface area contributed by atoms with Gasteiger partial charge in [0.05, 0.1) is 38.0 Å². The first kappa shape index (κ1) is 14.1. The number of esters is 1. The van der Waals surface area contributed by atoms with Crippen LogP contribution >= 0.6 is 0 Å². The maximum Gasteiger partial charge on any atom is 0.337 e. The Morgan fingerprint density at radius 1 is 1.18 bits per heavy atom. The van der Waals surface area contributed by atoms with Crippen molar-refractivity contribution in [3.8, 4) is 5.75 Å². The Kier molecular flexibility index (Phi) is 3.78. The second-order valence-electron chi connectivity index (χ2n) is 4.92. The molecule has 2 aromatic carbocycles. The minimum atomic E-state index is -0.351. The number of ether oxygens (including phenoxy) is 2. The Morgan fingerprint density at radius 3 is 2.82 bits per heavy atom. The highest BCUT2D eigenvalue weighted by molar-refractivity contribution is 5.94. The number of hydrogen-bond acceptors (Lipinski definition) is 4. The first-order valence-corrected chi connectivity index (χ1v) is 6.88. The third-order valence-corrected chi connectivity index (χ3v) is 3.53. The summed E-state index contributed by atoms with van der Waals surface area (Å²) in [5.74, 6) is 0.459. The minimum Gasteiger partial charge on any atom is -0.497 e. The van der Waals surface area contributed by atoms with E-state index >= 15 is 0 Å². The number of methoxy groups -OCH3 is 2. The monoisotopic (exact) mass is 296 g/mol. The summed E-state index contributed by atoms with van der Waals surface area (Å²) in [7, 11) is 3.02. The molecule has 0 N–H and O–H groups in total. The van der Waals surface area contributed by atoms with Crippen molar-refractivity contribution in [3.63, 3.8) is 0 Å². The number of rotatable bonds is 4. The second kappa shape index (κ2) is 5.89. The SMILES string of the molecule is COC(=O)c1ccc2cnn(Cc3cccc(OC)c3)c2c1. The standard InChI is InChI=1S/C17H16N2O3/c1-21-15-5-3-4-12(8-15)11-19-16-9-13(17(20)22-2)6-7-14(16)10-18-19/h3-10H,11H2,1-2H3. The lowest BCUT2D eigenvalue weighted by Gasteiger charge is -2.07. The lowest BCUT2D eigenvalue weighted by molar-refractivity contribution is 0.0601. The van der Waals surface area contributed by atoms with Crippen LogP contribution in [-0.4, -0.2) is 30.0 Å². The molecule has 1 aromatic heterocycles. The molecule has 22 heavy (non-hydrogen) atoms. The molecule has 0 spiro atoms. The molecule has 0 aliphatic rings. The summed E-state index contributed by atoms with van der Waals surface area (Å²) >= 11 is 0. The van der Waals surface area contributed by atoms with Gasteiger partial charge in [-0.05, 0) is 29.8 Å². The van der Waals surface area contributed by atoms with Gasteiger partial charge in [-0.1, -0.05) is 18.2 Å². The normalized spacial score (nSPS) is 10.6. The van der Waals surface area contributed by atoms with E-state index in [0.717, 1.165) is 22.2 Å². The van der Waals surface area contributed by atoms with E-state index in [4.69, 9.17) is 9.47 Å². The van der Waals surface area contributed by atoms with Crippen molar-refractivity contribution >= 4 is 16.9 Å². The summed E-state index contributed by atoms with van der Waals surface area (Å²) in [6.07, 6.45) is 1.79. The molecule has 5 nitrogen and oxygen atoms in total. The molecule has 1 heterocycles. The summed E-state index contributed by atoms with van der Waals surface area (Å²) < 4.78 is 11.9. The van der Waals surface area contributed by atoms with E-state index in [2.05, 4.69) is 5.10 Å². The Balaban J connectivity index is 1.97. The van der Waals surface area contributed by atoms with Crippen molar-refractivity contribution in [2.45, 2.75) is 6.54 Å². The highest BCUT2D eigenvalue weighted by Crippen LogP contribution is 2.19. The Morgan fingerprint density at radius 2 is 2.05 bits per heavy atom. The number of fused-ring (bicyclic) bond motifs is 1. The van der Waals surface area contributed by atoms with Crippen molar-refractivity contribution in [2.75, 3.05) is 14.2 Å². The third-order valence-electron chi connectivity index (χ3n) is 3.53. The largest absolute Gasteiger partial charge is 0.497 e. The summed E-state index contributed by atoms with van der Waals surface area (Å²) in [6.45, 7) is 0.603. The maximum absolute atomic E-state index is 11.7. The predicted molar refractivity (Wildman–Crippen MR) is 83.2 cm³/mol. The van der Waals surface area contributed by atoms with Crippen LogP contribution in [0.15, 0.2) is 48.7 Å². The van der Waals surface area contributed by atoms with E-state index in [1.165, 1.54) is 7.11 Å². The van der Waals surface area contributed by atoms with Crippen molar-refractivity contribution in [1.82, 2.24) is 9.78 Å². The van der Waals surface area contributed by atoms with Gasteiger partial charge in [-0.2, -0.15) is 5.10 Å². The van der Waals surface area contributed by atoms with Crippen molar-refractivity contribution in [1.29, 1.82) is 0 Å². The van der Waals surface area contributed by atoms with Gasteiger partial charge in [0.2, 0.25) is 0 Å². The van der Waals surface area contributed by atoms with E-state index in [1.807, 2.05) is 35.0 Å². The maximum atomic E-state index is 11.7. The highest BCUT2D eigenvalue weighted by atomic mass is 16.5. The van der Waals surface area contributed by atoms with Gasteiger partial charge in [-0.15, -0.1) is 0 Å². The van der Waals surface area contributed by atoms with Gasteiger partial charge in [0, 0.05) is 5.39 Å². The number of carbonyl (C=O) groups is 1. The number of carbonyl (C=O) groups excluding carboxylic acids is 1. The first-order valence-electron chi connectivity index (χ1n) is 6.88. The molecular weight excluding hydrogens is 280 g/mol. The molecule has 0 amide bonds. The zero-order valence-corrected chi connectivity index (χ0v) is 12.4. The average Bonchev–Trinajstić information content (AvgIpc) is 2.96. The van der Waals surface area contributed by atoms with E-state index in [0.29, 0.717) is 12.1 Å². The molecule has 0 fully saturated rings. The smallest absolute Gasteiger partial charge is 0.337 e. The predicted octanol–water partition coefficient (Wildman–Crippen LogP) is 2.88. The number of aromatic nitrogens is 2.